The van der Waals surface area contributed by atoms with Gasteiger partial charge in [0, 0.05) is 19.6 Å². The van der Waals surface area contributed by atoms with Crippen molar-refractivity contribution in [1.82, 2.24) is 16.0 Å². The molecule has 1 aromatic heterocycles. The molecule has 0 bridgehead atoms. The van der Waals surface area contributed by atoms with Crippen molar-refractivity contribution in [2.75, 3.05) is 19.6 Å². The van der Waals surface area contributed by atoms with E-state index in [9.17, 15) is 22.4 Å². The fraction of sp³-hybridized carbons (Fsp3) is 0.333. The van der Waals surface area contributed by atoms with Gasteiger partial charge in [-0.3, -0.25) is 4.79 Å². The molecule has 160 valence electrons. The molecule has 0 aliphatic heterocycles. The van der Waals surface area contributed by atoms with Crippen LogP contribution in [-0.4, -0.2) is 31.5 Å². The number of nitrogens with one attached hydrogen (secondary N) is 3. The molecule has 0 radical (unpaired) electrons. The van der Waals surface area contributed by atoms with E-state index in [0.29, 0.717) is 12.6 Å². The first kappa shape index (κ1) is 24.7. The van der Waals surface area contributed by atoms with Gasteiger partial charge < -0.3 is 20.4 Å². The Balaban J connectivity index is 0.00000420. The van der Waals surface area contributed by atoms with Gasteiger partial charge in [0.2, 0.25) is 0 Å². The molecule has 0 saturated carbocycles. The number of rotatable bonds is 7. The highest BCUT2D eigenvalue weighted by Gasteiger charge is 2.33. The van der Waals surface area contributed by atoms with E-state index < -0.39 is 17.6 Å². The van der Waals surface area contributed by atoms with Crippen LogP contribution in [0.25, 0.3) is 0 Å². The third-order valence-corrected chi connectivity index (χ3v) is 3.58. The molecule has 0 saturated heterocycles. The molecule has 1 amide bonds. The highest BCUT2D eigenvalue weighted by Crippen LogP contribution is 2.32. The second kappa shape index (κ2) is 11.6. The van der Waals surface area contributed by atoms with E-state index in [1.807, 2.05) is 0 Å². The molecule has 0 aliphatic carbocycles. The SMILES string of the molecule is CCNC(=NCc1ccc(F)cc1C(F)(F)F)NCCNC(=O)c1ccco1.I. The Labute approximate surface area is 182 Å². The summed E-state index contributed by atoms with van der Waals surface area (Å²) in [4.78, 5) is 15.8. The second-order valence-corrected chi connectivity index (χ2v) is 5.65. The zero-order valence-corrected chi connectivity index (χ0v) is 17.8. The van der Waals surface area contributed by atoms with Crippen LogP contribution in [0.1, 0.15) is 28.6 Å². The summed E-state index contributed by atoms with van der Waals surface area (Å²) >= 11 is 0. The van der Waals surface area contributed by atoms with Gasteiger partial charge in [0.25, 0.3) is 5.91 Å². The number of guanidine groups is 1. The Hall–Kier alpha value is -2.31. The van der Waals surface area contributed by atoms with Crippen molar-refractivity contribution in [2.24, 2.45) is 4.99 Å². The third-order valence-electron chi connectivity index (χ3n) is 3.58. The smallest absolute Gasteiger partial charge is 0.416 e. The van der Waals surface area contributed by atoms with Gasteiger partial charge in [0.05, 0.1) is 18.4 Å². The first-order valence-electron chi connectivity index (χ1n) is 8.50. The molecule has 1 heterocycles. The summed E-state index contributed by atoms with van der Waals surface area (Å²) < 4.78 is 57.3. The van der Waals surface area contributed by atoms with Crippen LogP contribution < -0.4 is 16.0 Å². The van der Waals surface area contributed by atoms with Gasteiger partial charge in [-0.2, -0.15) is 13.2 Å². The first-order valence-corrected chi connectivity index (χ1v) is 8.50. The lowest BCUT2D eigenvalue weighted by Crippen LogP contribution is -2.41. The van der Waals surface area contributed by atoms with Gasteiger partial charge in [0.15, 0.2) is 11.7 Å². The molecule has 11 heteroatoms. The number of furan rings is 1. The van der Waals surface area contributed by atoms with Gasteiger partial charge in [-0.1, -0.05) is 6.07 Å². The van der Waals surface area contributed by atoms with Crippen molar-refractivity contribution in [3.05, 3.63) is 59.3 Å². The number of alkyl halides is 3. The number of hydrogen-bond acceptors (Lipinski definition) is 3. The van der Waals surface area contributed by atoms with E-state index in [0.717, 1.165) is 12.1 Å². The lowest BCUT2D eigenvalue weighted by atomic mass is 10.1. The number of benzene rings is 1. The summed E-state index contributed by atoms with van der Waals surface area (Å²) in [6.07, 6.45) is -3.29. The standard InChI is InChI=1S/C18H20F4N4O2.HI/c1-2-23-17(25-8-7-24-16(27)15-4-3-9-28-15)26-11-12-5-6-13(19)10-14(12)18(20,21)22;/h3-6,9-10H,2,7-8,11H2,1H3,(H,24,27)(H2,23,25,26);1H. The average molecular weight is 528 g/mol. The molecule has 0 aliphatic rings. The minimum absolute atomic E-state index is 0. The largest absolute Gasteiger partial charge is 0.459 e. The third kappa shape index (κ3) is 7.91. The Morgan fingerprint density at radius 2 is 1.86 bits per heavy atom. The van der Waals surface area contributed by atoms with E-state index in [-0.39, 0.29) is 66.8 Å². The first-order chi connectivity index (χ1) is 13.3. The molecule has 6 nitrogen and oxygen atoms in total. The van der Waals surface area contributed by atoms with Crippen molar-refractivity contribution in [1.29, 1.82) is 0 Å². The summed E-state index contributed by atoms with van der Waals surface area (Å²) in [5, 5.41) is 8.41. The van der Waals surface area contributed by atoms with Gasteiger partial charge in [0.1, 0.15) is 5.82 Å². The average Bonchev–Trinajstić information content (AvgIpc) is 3.17. The van der Waals surface area contributed by atoms with Crippen molar-refractivity contribution in [3.63, 3.8) is 0 Å². The van der Waals surface area contributed by atoms with E-state index in [4.69, 9.17) is 4.42 Å². The summed E-state index contributed by atoms with van der Waals surface area (Å²) in [5.74, 6) is -0.893. The molecule has 0 fully saturated rings. The number of aliphatic imine (C=N–C) groups is 1. The van der Waals surface area contributed by atoms with Crippen molar-refractivity contribution < 1.29 is 26.8 Å². The highest BCUT2D eigenvalue weighted by atomic mass is 127. The van der Waals surface area contributed by atoms with Crippen molar-refractivity contribution in [2.45, 2.75) is 19.6 Å². The molecule has 0 unspecified atom stereocenters. The minimum Gasteiger partial charge on any atom is -0.459 e. The maximum Gasteiger partial charge on any atom is 0.416 e. The van der Waals surface area contributed by atoms with E-state index in [1.54, 1.807) is 13.0 Å². The maximum absolute atomic E-state index is 13.2. The van der Waals surface area contributed by atoms with Crippen LogP contribution in [0.15, 0.2) is 46.0 Å². The monoisotopic (exact) mass is 528 g/mol. The number of hydrogen-bond donors (Lipinski definition) is 3. The quantitative estimate of drug-likeness (QED) is 0.169. The fourth-order valence-corrected chi connectivity index (χ4v) is 2.31. The predicted molar refractivity (Wildman–Crippen MR) is 111 cm³/mol. The number of carbonyl (C=O) groups excluding carboxylic acids is 1. The number of carbonyl (C=O) groups is 1. The van der Waals surface area contributed by atoms with Gasteiger partial charge in [-0.15, -0.1) is 24.0 Å². The molecule has 3 N–H and O–H groups in total. The second-order valence-electron chi connectivity index (χ2n) is 5.65. The van der Waals surface area contributed by atoms with Gasteiger partial charge in [-0.05, 0) is 36.8 Å². The molecular formula is C18H21F4IN4O2. The van der Waals surface area contributed by atoms with E-state index in [2.05, 4.69) is 20.9 Å². The van der Waals surface area contributed by atoms with E-state index in [1.165, 1.54) is 12.3 Å². The summed E-state index contributed by atoms with van der Waals surface area (Å²) in [7, 11) is 0. The van der Waals surface area contributed by atoms with E-state index >= 15 is 0 Å². The fourth-order valence-electron chi connectivity index (χ4n) is 2.31. The van der Waals surface area contributed by atoms with Crippen LogP contribution in [0.3, 0.4) is 0 Å². The zero-order valence-electron chi connectivity index (χ0n) is 15.5. The summed E-state index contributed by atoms with van der Waals surface area (Å²) in [5.41, 5.74) is -1.20. The molecule has 2 rings (SSSR count). The van der Waals surface area contributed by atoms with Crippen LogP contribution in [0.5, 0.6) is 0 Å². The molecule has 29 heavy (non-hydrogen) atoms. The summed E-state index contributed by atoms with van der Waals surface area (Å²) in [6.45, 7) is 2.53. The molecule has 2 aromatic rings. The Morgan fingerprint density at radius 3 is 2.48 bits per heavy atom. The van der Waals surface area contributed by atoms with Crippen molar-refractivity contribution >= 4 is 35.8 Å². The lowest BCUT2D eigenvalue weighted by molar-refractivity contribution is -0.138. The van der Waals surface area contributed by atoms with Gasteiger partial charge in [-0.25, -0.2) is 9.38 Å². The van der Waals surface area contributed by atoms with Crippen LogP contribution in [-0.2, 0) is 12.7 Å². The van der Waals surface area contributed by atoms with Crippen molar-refractivity contribution in [3.8, 4) is 0 Å². The Bertz CT molecular complexity index is 811. The minimum atomic E-state index is -4.67. The van der Waals surface area contributed by atoms with Crippen LogP contribution in [0, 0.1) is 5.82 Å². The molecule has 1 aromatic carbocycles. The lowest BCUT2D eigenvalue weighted by Gasteiger charge is -2.14. The maximum atomic E-state index is 13.2. The normalized spacial score (nSPS) is 11.6. The number of halogens is 5. The number of nitrogens with zero attached hydrogens (tertiary/aromatic N) is 1. The van der Waals surface area contributed by atoms with Gasteiger partial charge >= 0.3 is 6.18 Å². The topological polar surface area (TPSA) is 78.7 Å². The zero-order chi connectivity index (χ0) is 20.6. The Morgan fingerprint density at radius 1 is 1.14 bits per heavy atom. The predicted octanol–water partition coefficient (Wildman–Crippen LogP) is 3.54. The molecule has 0 atom stereocenters. The van der Waals surface area contributed by atoms with Crippen LogP contribution in [0.4, 0.5) is 17.6 Å². The van der Waals surface area contributed by atoms with Crippen LogP contribution >= 0.6 is 24.0 Å². The molecular weight excluding hydrogens is 507 g/mol. The summed E-state index contributed by atoms with van der Waals surface area (Å²) in [6, 6.07) is 5.59. The highest BCUT2D eigenvalue weighted by molar-refractivity contribution is 14.0. The molecule has 0 spiro atoms. The number of amides is 1. The van der Waals surface area contributed by atoms with Crippen LogP contribution in [0.2, 0.25) is 0 Å². The Kier molecular flexibility index (Phi) is 9.92.